The molecule has 20 heavy (non-hydrogen) atoms. The lowest BCUT2D eigenvalue weighted by Crippen LogP contribution is -2.01. The number of H-pyrrole nitrogens is 1. The van der Waals surface area contributed by atoms with Crippen molar-refractivity contribution in [3.63, 3.8) is 0 Å². The van der Waals surface area contributed by atoms with Gasteiger partial charge in [0.05, 0.1) is 5.03 Å². The summed E-state index contributed by atoms with van der Waals surface area (Å²) in [6.45, 7) is 2.12. The van der Waals surface area contributed by atoms with E-state index in [2.05, 4.69) is 45.4 Å². The number of aromatic amines is 1. The standard InChI is InChI=1S/C15H16N4S/c1-3-11-14(16-2)17-9-18-15(11)20-13-8-10-6-4-5-7-12(10)19-13/h4-9,19H,3H2,1-2H3,(H,16,17,18). The number of aromatic nitrogens is 3. The fourth-order valence-corrected chi connectivity index (χ4v) is 3.24. The van der Waals surface area contributed by atoms with Crippen LogP contribution in [0.25, 0.3) is 10.9 Å². The third kappa shape index (κ3) is 2.36. The zero-order valence-electron chi connectivity index (χ0n) is 11.5. The van der Waals surface area contributed by atoms with E-state index in [1.165, 1.54) is 5.39 Å². The van der Waals surface area contributed by atoms with Gasteiger partial charge in [-0.15, -0.1) is 0 Å². The number of rotatable bonds is 4. The maximum Gasteiger partial charge on any atom is 0.133 e. The first-order valence-electron chi connectivity index (χ1n) is 6.59. The normalized spacial score (nSPS) is 10.9. The third-order valence-corrected chi connectivity index (χ3v) is 4.19. The summed E-state index contributed by atoms with van der Waals surface area (Å²) in [6, 6.07) is 10.4. The quantitative estimate of drug-likeness (QED) is 0.717. The van der Waals surface area contributed by atoms with E-state index >= 15 is 0 Å². The molecule has 0 saturated carbocycles. The number of benzene rings is 1. The summed E-state index contributed by atoms with van der Waals surface area (Å²) in [5, 5.41) is 6.44. The van der Waals surface area contributed by atoms with Crippen LogP contribution in [-0.4, -0.2) is 22.0 Å². The average molecular weight is 284 g/mol. The molecule has 2 N–H and O–H groups in total. The molecule has 0 aliphatic heterocycles. The molecule has 5 heteroatoms. The van der Waals surface area contributed by atoms with Gasteiger partial charge in [-0.2, -0.15) is 0 Å². The van der Waals surface area contributed by atoms with Gasteiger partial charge < -0.3 is 10.3 Å². The molecule has 0 fully saturated rings. The molecule has 102 valence electrons. The van der Waals surface area contributed by atoms with E-state index in [0.717, 1.165) is 33.4 Å². The summed E-state index contributed by atoms with van der Waals surface area (Å²) >= 11 is 1.65. The summed E-state index contributed by atoms with van der Waals surface area (Å²) in [5.41, 5.74) is 2.30. The first kappa shape index (κ1) is 13.0. The summed E-state index contributed by atoms with van der Waals surface area (Å²) in [5.74, 6) is 0.904. The number of hydrogen-bond donors (Lipinski definition) is 2. The Balaban J connectivity index is 1.98. The van der Waals surface area contributed by atoms with Crippen molar-refractivity contribution < 1.29 is 0 Å². The number of anilines is 1. The smallest absolute Gasteiger partial charge is 0.133 e. The van der Waals surface area contributed by atoms with Crippen LogP contribution >= 0.6 is 11.8 Å². The van der Waals surface area contributed by atoms with E-state index in [9.17, 15) is 0 Å². The number of nitrogens with zero attached hydrogens (tertiary/aromatic N) is 2. The first-order valence-corrected chi connectivity index (χ1v) is 7.40. The minimum Gasteiger partial charge on any atom is -0.373 e. The van der Waals surface area contributed by atoms with E-state index < -0.39 is 0 Å². The van der Waals surface area contributed by atoms with Gasteiger partial charge in [0, 0.05) is 23.5 Å². The largest absolute Gasteiger partial charge is 0.373 e. The molecule has 2 aromatic heterocycles. The molecule has 1 aromatic carbocycles. The van der Waals surface area contributed by atoms with Gasteiger partial charge in [-0.05, 0) is 18.6 Å². The van der Waals surface area contributed by atoms with Gasteiger partial charge in [-0.3, -0.25) is 0 Å². The third-order valence-electron chi connectivity index (χ3n) is 3.21. The lowest BCUT2D eigenvalue weighted by molar-refractivity contribution is 0.944. The molecule has 0 aliphatic carbocycles. The fourth-order valence-electron chi connectivity index (χ4n) is 2.22. The van der Waals surface area contributed by atoms with Gasteiger partial charge in [-0.25, -0.2) is 9.97 Å². The van der Waals surface area contributed by atoms with Gasteiger partial charge in [0.1, 0.15) is 17.2 Å². The van der Waals surface area contributed by atoms with Crippen molar-refractivity contribution in [3.05, 3.63) is 42.2 Å². The van der Waals surface area contributed by atoms with Crippen LogP contribution in [0.4, 0.5) is 5.82 Å². The van der Waals surface area contributed by atoms with Crippen molar-refractivity contribution in [2.45, 2.75) is 23.4 Å². The minimum absolute atomic E-state index is 0.902. The maximum absolute atomic E-state index is 4.42. The second-order valence-corrected chi connectivity index (χ2v) is 5.46. The Morgan fingerprint density at radius 2 is 2.10 bits per heavy atom. The van der Waals surface area contributed by atoms with E-state index in [0.29, 0.717) is 0 Å². The second kappa shape index (κ2) is 5.54. The van der Waals surface area contributed by atoms with Crippen LogP contribution in [0.15, 0.2) is 46.7 Å². The van der Waals surface area contributed by atoms with Crippen molar-refractivity contribution in [3.8, 4) is 0 Å². The van der Waals surface area contributed by atoms with Crippen LogP contribution in [0.1, 0.15) is 12.5 Å². The zero-order valence-corrected chi connectivity index (χ0v) is 12.3. The molecule has 3 aromatic rings. The molecule has 0 aliphatic rings. The molecule has 0 radical (unpaired) electrons. The molecule has 0 spiro atoms. The molecule has 4 nitrogen and oxygen atoms in total. The van der Waals surface area contributed by atoms with Crippen molar-refractivity contribution in [2.24, 2.45) is 0 Å². The van der Waals surface area contributed by atoms with Crippen LogP contribution < -0.4 is 5.32 Å². The predicted molar refractivity (Wildman–Crippen MR) is 83.4 cm³/mol. The Labute approximate surface area is 122 Å². The highest BCUT2D eigenvalue weighted by Gasteiger charge is 2.11. The molecule has 3 rings (SSSR count). The molecular formula is C15H16N4S. The highest BCUT2D eigenvalue weighted by Crippen LogP contribution is 2.32. The predicted octanol–water partition coefficient (Wildman–Crippen LogP) is 3.71. The summed E-state index contributed by atoms with van der Waals surface area (Å²) < 4.78 is 0. The lowest BCUT2D eigenvalue weighted by atomic mass is 10.2. The maximum atomic E-state index is 4.42. The van der Waals surface area contributed by atoms with E-state index in [1.807, 2.05) is 19.2 Å². The SMILES string of the molecule is CCc1c(NC)ncnc1Sc1cc2ccccc2[nH]1. The molecular weight excluding hydrogens is 268 g/mol. The van der Waals surface area contributed by atoms with Crippen molar-refractivity contribution in [2.75, 3.05) is 12.4 Å². The summed E-state index contributed by atoms with van der Waals surface area (Å²) in [4.78, 5) is 12.1. The van der Waals surface area contributed by atoms with E-state index in [4.69, 9.17) is 0 Å². The number of para-hydroxylation sites is 1. The number of fused-ring (bicyclic) bond motifs is 1. The topological polar surface area (TPSA) is 53.6 Å². The Morgan fingerprint density at radius 3 is 2.85 bits per heavy atom. The zero-order chi connectivity index (χ0) is 13.9. The highest BCUT2D eigenvalue weighted by molar-refractivity contribution is 7.99. The van der Waals surface area contributed by atoms with E-state index in [-0.39, 0.29) is 0 Å². The number of hydrogen-bond acceptors (Lipinski definition) is 4. The molecule has 0 bridgehead atoms. The highest BCUT2D eigenvalue weighted by atomic mass is 32.2. The van der Waals surface area contributed by atoms with Gasteiger partial charge in [0.25, 0.3) is 0 Å². The van der Waals surface area contributed by atoms with Gasteiger partial charge >= 0.3 is 0 Å². The second-order valence-electron chi connectivity index (χ2n) is 4.43. The minimum atomic E-state index is 0.902. The molecule has 2 heterocycles. The Kier molecular flexibility index (Phi) is 3.60. The molecule has 0 atom stereocenters. The van der Waals surface area contributed by atoms with Crippen molar-refractivity contribution >= 4 is 28.5 Å². The van der Waals surface area contributed by atoms with E-state index in [1.54, 1.807) is 18.1 Å². The van der Waals surface area contributed by atoms with Gasteiger partial charge in [0.15, 0.2) is 0 Å². The monoisotopic (exact) mass is 284 g/mol. The fraction of sp³-hybridized carbons (Fsp3) is 0.200. The summed E-state index contributed by atoms with van der Waals surface area (Å²) in [7, 11) is 1.89. The molecule has 0 saturated heterocycles. The van der Waals surface area contributed by atoms with Crippen molar-refractivity contribution in [1.29, 1.82) is 0 Å². The average Bonchev–Trinajstić information content (AvgIpc) is 2.89. The van der Waals surface area contributed by atoms with Crippen LogP contribution in [0, 0.1) is 0 Å². The van der Waals surface area contributed by atoms with Crippen LogP contribution in [-0.2, 0) is 6.42 Å². The van der Waals surface area contributed by atoms with Crippen LogP contribution in [0.5, 0.6) is 0 Å². The number of nitrogens with one attached hydrogen (secondary N) is 2. The van der Waals surface area contributed by atoms with Gasteiger partial charge in [-0.1, -0.05) is 36.9 Å². The molecule has 0 amide bonds. The first-order chi connectivity index (χ1) is 9.81. The summed E-state index contributed by atoms with van der Waals surface area (Å²) in [6.07, 6.45) is 2.51. The Morgan fingerprint density at radius 1 is 1.25 bits per heavy atom. The molecule has 0 unspecified atom stereocenters. The van der Waals surface area contributed by atoms with Crippen LogP contribution in [0.3, 0.4) is 0 Å². The Bertz CT molecular complexity index is 703. The van der Waals surface area contributed by atoms with Gasteiger partial charge in [0.2, 0.25) is 0 Å². The Hall–Kier alpha value is -2.01. The van der Waals surface area contributed by atoms with Crippen LogP contribution in [0.2, 0.25) is 0 Å². The lowest BCUT2D eigenvalue weighted by Gasteiger charge is -2.09. The van der Waals surface area contributed by atoms with Crippen molar-refractivity contribution in [1.82, 2.24) is 15.0 Å².